The number of carbonyl (C=O) groups excluding carboxylic acids is 4. The van der Waals surface area contributed by atoms with Gasteiger partial charge in [0, 0.05) is 5.69 Å². The number of anilines is 1. The van der Waals surface area contributed by atoms with Gasteiger partial charge in [-0.05, 0) is 75.1 Å². The molecular formula is C21H25N3O5. The molecule has 3 aliphatic rings. The quantitative estimate of drug-likeness (QED) is 0.560. The molecule has 8 heteroatoms. The lowest BCUT2D eigenvalue weighted by Crippen LogP contribution is -2.46. The van der Waals surface area contributed by atoms with Crippen LogP contribution in [0, 0.1) is 5.92 Å². The van der Waals surface area contributed by atoms with Crippen LogP contribution in [-0.2, 0) is 32.0 Å². The second kappa shape index (κ2) is 7.17. The van der Waals surface area contributed by atoms with E-state index in [4.69, 9.17) is 4.74 Å². The summed E-state index contributed by atoms with van der Waals surface area (Å²) in [6.45, 7) is 2.63. The Kier molecular flexibility index (Phi) is 4.80. The van der Waals surface area contributed by atoms with Crippen molar-refractivity contribution in [2.24, 2.45) is 5.92 Å². The van der Waals surface area contributed by atoms with Crippen molar-refractivity contribution in [3.63, 3.8) is 0 Å². The highest BCUT2D eigenvalue weighted by Crippen LogP contribution is 2.42. The van der Waals surface area contributed by atoms with Crippen LogP contribution in [0.5, 0.6) is 0 Å². The van der Waals surface area contributed by atoms with Crippen LogP contribution in [0.25, 0.3) is 0 Å². The summed E-state index contributed by atoms with van der Waals surface area (Å²) < 4.78 is 5.16. The topological polar surface area (TPSA) is 105 Å². The zero-order chi connectivity index (χ0) is 20.8. The zero-order valence-corrected chi connectivity index (χ0v) is 16.6. The summed E-state index contributed by atoms with van der Waals surface area (Å²) in [5.41, 5.74) is 2.24. The van der Waals surface area contributed by atoms with Crippen LogP contribution in [0.15, 0.2) is 18.2 Å². The highest BCUT2D eigenvalue weighted by Gasteiger charge is 2.56. The van der Waals surface area contributed by atoms with E-state index in [1.165, 1.54) is 18.1 Å². The molecular weight excluding hydrogens is 374 g/mol. The van der Waals surface area contributed by atoms with Gasteiger partial charge < -0.3 is 15.4 Å². The van der Waals surface area contributed by atoms with E-state index in [1.54, 1.807) is 6.92 Å². The van der Waals surface area contributed by atoms with E-state index in [0.29, 0.717) is 5.69 Å². The third kappa shape index (κ3) is 3.71. The monoisotopic (exact) mass is 399 g/mol. The highest BCUT2D eigenvalue weighted by molar-refractivity contribution is 6.09. The number of hydrogen-bond acceptors (Lipinski definition) is 5. The van der Waals surface area contributed by atoms with Crippen molar-refractivity contribution in [2.45, 2.75) is 57.6 Å². The van der Waals surface area contributed by atoms with Gasteiger partial charge >= 0.3 is 12.0 Å². The molecule has 0 aromatic heterocycles. The maximum Gasteiger partial charge on any atom is 0.327 e. The minimum atomic E-state index is -1.05. The molecule has 2 fully saturated rings. The van der Waals surface area contributed by atoms with Crippen LogP contribution in [0.1, 0.15) is 44.2 Å². The highest BCUT2D eigenvalue weighted by atomic mass is 16.5. The molecule has 1 heterocycles. The molecule has 1 saturated heterocycles. The minimum Gasteiger partial charge on any atom is -0.451 e. The smallest absolute Gasteiger partial charge is 0.327 e. The van der Waals surface area contributed by atoms with Gasteiger partial charge in [-0.15, -0.1) is 0 Å². The van der Waals surface area contributed by atoms with Gasteiger partial charge in [0.2, 0.25) is 0 Å². The van der Waals surface area contributed by atoms with Crippen LogP contribution in [0.3, 0.4) is 0 Å². The van der Waals surface area contributed by atoms with Crippen molar-refractivity contribution in [3.8, 4) is 0 Å². The number of imide groups is 1. The number of ether oxygens (including phenoxy) is 1. The number of benzene rings is 1. The summed E-state index contributed by atoms with van der Waals surface area (Å²) in [5, 5.41) is 5.43. The second-order valence-corrected chi connectivity index (χ2v) is 8.26. The fraction of sp³-hybridized carbons (Fsp3) is 0.524. The molecule has 0 bridgehead atoms. The molecule has 8 nitrogen and oxygen atoms in total. The summed E-state index contributed by atoms with van der Waals surface area (Å²) in [7, 11) is 0. The molecule has 4 amide bonds. The molecule has 1 aliphatic heterocycles. The van der Waals surface area contributed by atoms with Gasteiger partial charge in [0.1, 0.15) is 12.1 Å². The number of hydrogen-bond donors (Lipinski definition) is 2. The molecule has 154 valence electrons. The van der Waals surface area contributed by atoms with Gasteiger partial charge in [-0.1, -0.05) is 6.07 Å². The van der Waals surface area contributed by atoms with E-state index < -0.39 is 42.0 Å². The first-order chi connectivity index (χ1) is 13.8. The van der Waals surface area contributed by atoms with Crippen molar-refractivity contribution in [3.05, 3.63) is 29.3 Å². The first-order valence-corrected chi connectivity index (χ1v) is 10.0. The molecule has 0 radical (unpaired) electrons. The predicted octanol–water partition coefficient (Wildman–Crippen LogP) is 1.77. The fourth-order valence-electron chi connectivity index (χ4n) is 4.11. The summed E-state index contributed by atoms with van der Waals surface area (Å²) >= 11 is 0. The van der Waals surface area contributed by atoms with Crippen LogP contribution >= 0.6 is 0 Å². The van der Waals surface area contributed by atoms with Crippen molar-refractivity contribution in [2.75, 3.05) is 11.9 Å². The summed E-state index contributed by atoms with van der Waals surface area (Å²) in [5.74, 6) is -1.57. The molecule has 1 saturated carbocycles. The summed E-state index contributed by atoms with van der Waals surface area (Å²) in [6.07, 6.45) is 3.87. The van der Waals surface area contributed by atoms with Crippen LogP contribution in [0.2, 0.25) is 0 Å². The Bertz CT molecular complexity index is 894. The summed E-state index contributed by atoms with van der Waals surface area (Å²) in [4.78, 5) is 50.2. The number of amides is 4. The molecule has 1 aromatic rings. The number of nitrogens with zero attached hydrogens (tertiary/aromatic N) is 1. The Labute approximate surface area is 169 Å². The SMILES string of the molecule is C[C@H](OC(=O)CN1C(=O)N[C@@](C)(C2CC2)C1=O)C(=O)Nc1ccc2c(c1)CCC2. The molecule has 1 aromatic carbocycles. The first kappa shape index (κ1) is 19.4. The molecule has 29 heavy (non-hydrogen) atoms. The van der Waals surface area contributed by atoms with Gasteiger partial charge in [-0.2, -0.15) is 0 Å². The van der Waals surface area contributed by atoms with E-state index in [-0.39, 0.29) is 5.92 Å². The Balaban J connectivity index is 1.31. The van der Waals surface area contributed by atoms with E-state index in [0.717, 1.165) is 37.0 Å². The number of aryl methyl sites for hydroxylation is 2. The maximum absolute atomic E-state index is 12.6. The predicted molar refractivity (Wildman–Crippen MR) is 104 cm³/mol. The first-order valence-electron chi connectivity index (χ1n) is 10.0. The lowest BCUT2D eigenvalue weighted by atomic mass is 9.96. The van der Waals surface area contributed by atoms with Gasteiger partial charge in [0.15, 0.2) is 6.10 Å². The normalized spacial score (nSPS) is 24.1. The fourth-order valence-corrected chi connectivity index (χ4v) is 4.11. The Morgan fingerprint density at radius 1 is 1.28 bits per heavy atom. The largest absolute Gasteiger partial charge is 0.451 e. The number of fused-ring (bicyclic) bond motifs is 1. The zero-order valence-electron chi connectivity index (χ0n) is 16.6. The third-order valence-corrected chi connectivity index (χ3v) is 6.03. The van der Waals surface area contributed by atoms with Crippen LogP contribution in [-0.4, -0.2) is 46.9 Å². The van der Waals surface area contributed by atoms with Crippen LogP contribution in [0.4, 0.5) is 10.5 Å². The average molecular weight is 399 g/mol. The van der Waals surface area contributed by atoms with Gasteiger partial charge in [-0.25, -0.2) is 4.79 Å². The number of carbonyl (C=O) groups is 4. The summed E-state index contributed by atoms with van der Waals surface area (Å²) in [6, 6.07) is 5.18. The second-order valence-electron chi connectivity index (χ2n) is 8.26. The number of urea groups is 1. The number of esters is 1. The Morgan fingerprint density at radius 3 is 2.72 bits per heavy atom. The molecule has 2 aliphatic carbocycles. The molecule has 4 rings (SSSR count). The molecule has 0 unspecified atom stereocenters. The van der Waals surface area contributed by atoms with Crippen molar-refractivity contribution in [1.29, 1.82) is 0 Å². The van der Waals surface area contributed by atoms with Gasteiger partial charge in [0.25, 0.3) is 11.8 Å². The Morgan fingerprint density at radius 2 is 2.00 bits per heavy atom. The minimum absolute atomic E-state index is 0.108. The van der Waals surface area contributed by atoms with E-state index >= 15 is 0 Å². The Hall–Kier alpha value is -2.90. The van der Waals surface area contributed by atoms with E-state index in [2.05, 4.69) is 10.6 Å². The van der Waals surface area contributed by atoms with Crippen molar-refractivity contribution >= 4 is 29.5 Å². The van der Waals surface area contributed by atoms with Crippen LogP contribution < -0.4 is 10.6 Å². The van der Waals surface area contributed by atoms with Crippen molar-refractivity contribution in [1.82, 2.24) is 10.2 Å². The van der Waals surface area contributed by atoms with E-state index in [1.807, 2.05) is 18.2 Å². The average Bonchev–Trinajstić information content (AvgIpc) is 3.39. The number of rotatable bonds is 6. The standard InChI is InChI=1S/C21H25N3O5/c1-12(18(26)22-16-9-6-13-4-3-5-14(13)10-16)29-17(25)11-24-19(27)21(2,15-7-8-15)23-20(24)28/h6,9-10,12,15H,3-5,7-8,11H2,1-2H3,(H,22,26)(H,23,28)/t12-,21-/m0/s1. The van der Waals surface area contributed by atoms with Gasteiger partial charge in [0.05, 0.1) is 0 Å². The van der Waals surface area contributed by atoms with Gasteiger partial charge in [-0.3, -0.25) is 19.3 Å². The molecule has 2 atom stereocenters. The maximum atomic E-state index is 12.6. The third-order valence-electron chi connectivity index (χ3n) is 6.03. The number of nitrogens with one attached hydrogen (secondary N) is 2. The van der Waals surface area contributed by atoms with E-state index in [9.17, 15) is 19.2 Å². The lowest BCUT2D eigenvalue weighted by molar-refractivity contribution is -0.155. The molecule has 2 N–H and O–H groups in total. The molecule has 0 spiro atoms. The lowest BCUT2D eigenvalue weighted by Gasteiger charge is -2.21. The van der Waals surface area contributed by atoms with Crippen molar-refractivity contribution < 1.29 is 23.9 Å².